The van der Waals surface area contributed by atoms with Gasteiger partial charge in [-0.2, -0.15) is 5.26 Å². The second-order valence-electron chi connectivity index (χ2n) is 6.44. The van der Waals surface area contributed by atoms with Crippen molar-refractivity contribution in [1.82, 2.24) is 0 Å². The van der Waals surface area contributed by atoms with E-state index in [1.54, 1.807) is 48.5 Å². The second kappa shape index (κ2) is 10.8. The molecule has 1 N–H and O–H groups in total. The highest BCUT2D eigenvalue weighted by Crippen LogP contribution is 2.27. The van der Waals surface area contributed by atoms with Crippen molar-refractivity contribution in [2.75, 3.05) is 12.4 Å². The third kappa shape index (κ3) is 6.09. The Morgan fingerprint density at radius 3 is 2.47 bits per heavy atom. The van der Waals surface area contributed by atoms with Gasteiger partial charge >= 0.3 is 5.97 Å². The van der Waals surface area contributed by atoms with E-state index < -0.39 is 11.9 Å². The molecule has 0 aliphatic carbocycles. The molecule has 0 spiro atoms. The first-order valence-corrected chi connectivity index (χ1v) is 10.7. The minimum Gasteiger partial charge on any atom is -0.497 e. The highest BCUT2D eigenvalue weighted by molar-refractivity contribution is 14.1. The highest BCUT2D eigenvalue weighted by atomic mass is 127. The van der Waals surface area contributed by atoms with Gasteiger partial charge in [0.15, 0.2) is 0 Å². The first-order chi connectivity index (χ1) is 15.4. The fourth-order valence-electron chi connectivity index (χ4n) is 2.66. The Bertz CT molecular complexity index is 1230. The number of nitrogens with zero attached hydrogens (tertiary/aromatic N) is 1. The second-order valence-corrected chi connectivity index (χ2v) is 8.10. The van der Waals surface area contributed by atoms with Crippen LogP contribution in [0.3, 0.4) is 0 Å². The zero-order valence-corrected chi connectivity index (χ0v) is 19.7. The molecule has 32 heavy (non-hydrogen) atoms. The minimum absolute atomic E-state index is 0.0945. The lowest BCUT2D eigenvalue weighted by Gasteiger charge is -2.08. The fourth-order valence-corrected chi connectivity index (χ4v) is 3.43. The van der Waals surface area contributed by atoms with Gasteiger partial charge in [-0.05, 0) is 88.8 Å². The summed E-state index contributed by atoms with van der Waals surface area (Å²) in [6.07, 6.45) is 1.41. The van der Waals surface area contributed by atoms with E-state index in [0.29, 0.717) is 22.6 Å². The molecule has 0 fully saturated rings. The van der Waals surface area contributed by atoms with E-state index in [1.807, 2.05) is 12.1 Å². The summed E-state index contributed by atoms with van der Waals surface area (Å²) in [6, 6.07) is 20.2. The number of hydrogen-bond donors (Lipinski definition) is 1. The quantitative estimate of drug-likeness (QED) is 0.137. The Balaban J connectivity index is 1.73. The predicted molar refractivity (Wildman–Crippen MR) is 131 cm³/mol. The first-order valence-electron chi connectivity index (χ1n) is 9.24. The number of esters is 1. The summed E-state index contributed by atoms with van der Waals surface area (Å²) in [5, 5.41) is 12.3. The lowest BCUT2D eigenvalue weighted by molar-refractivity contribution is -0.112. The summed E-state index contributed by atoms with van der Waals surface area (Å²) in [7, 11) is 1.53. The Morgan fingerprint density at radius 2 is 1.84 bits per heavy atom. The average Bonchev–Trinajstić information content (AvgIpc) is 2.79. The molecule has 0 aliphatic rings. The third-order valence-electron chi connectivity index (χ3n) is 4.24. The SMILES string of the molecule is COc1ccc(C(=O)Oc2ccc(/C=C(\C#N)C(=O)Nc3cccc(I)c3)cc2Cl)cc1. The average molecular weight is 559 g/mol. The number of carbonyl (C=O) groups excluding carboxylic acids is 2. The van der Waals surface area contributed by atoms with Crippen molar-refractivity contribution >= 4 is 57.8 Å². The van der Waals surface area contributed by atoms with Crippen molar-refractivity contribution in [3.05, 3.63) is 92.0 Å². The number of nitrogens with one attached hydrogen (secondary N) is 1. The molecule has 0 saturated carbocycles. The normalized spacial score (nSPS) is 10.8. The van der Waals surface area contributed by atoms with Gasteiger partial charge in [0, 0.05) is 9.26 Å². The molecule has 3 aromatic rings. The van der Waals surface area contributed by atoms with Crippen molar-refractivity contribution in [3.63, 3.8) is 0 Å². The molecule has 0 radical (unpaired) electrons. The van der Waals surface area contributed by atoms with Crippen LogP contribution < -0.4 is 14.8 Å². The van der Waals surface area contributed by atoms with Gasteiger partial charge in [0.1, 0.15) is 23.1 Å². The van der Waals surface area contributed by atoms with E-state index in [-0.39, 0.29) is 16.3 Å². The summed E-state index contributed by atoms with van der Waals surface area (Å²) in [4.78, 5) is 24.8. The molecule has 3 rings (SSSR count). The van der Waals surface area contributed by atoms with E-state index in [0.717, 1.165) is 3.57 Å². The number of anilines is 1. The van der Waals surface area contributed by atoms with E-state index in [2.05, 4.69) is 27.9 Å². The summed E-state index contributed by atoms with van der Waals surface area (Å²) < 4.78 is 11.4. The van der Waals surface area contributed by atoms with Crippen molar-refractivity contribution < 1.29 is 19.1 Å². The molecule has 0 bridgehead atoms. The lowest BCUT2D eigenvalue weighted by atomic mass is 10.1. The Kier molecular flexibility index (Phi) is 7.87. The van der Waals surface area contributed by atoms with Gasteiger partial charge in [0.2, 0.25) is 0 Å². The summed E-state index contributed by atoms with van der Waals surface area (Å²) >= 11 is 8.38. The van der Waals surface area contributed by atoms with E-state index >= 15 is 0 Å². The molecular weight excluding hydrogens is 543 g/mol. The van der Waals surface area contributed by atoms with Gasteiger partial charge in [-0.1, -0.05) is 23.7 Å². The first kappa shape index (κ1) is 23.3. The number of ether oxygens (including phenoxy) is 2. The maximum absolute atomic E-state index is 12.4. The minimum atomic E-state index is -0.576. The van der Waals surface area contributed by atoms with Gasteiger partial charge in [0.05, 0.1) is 17.7 Å². The number of amides is 1. The molecule has 0 heterocycles. The van der Waals surface area contributed by atoms with Gasteiger partial charge in [0.25, 0.3) is 5.91 Å². The Morgan fingerprint density at radius 1 is 1.09 bits per heavy atom. The van der Waals surface area contributed by atoms with Gasteiger partial charge in [-0.25, -0.2) is 4.79 Å². The van der Waals surface area contributed by atoms with Crippen LogP contribution in [0.4, 0.5) is 5.69 Å². The number of carbonyl (C=O) groups is 2. The van der Waals surface area contributed by atoms with E-state index in [4.69, 9.17) is 21.1 Å². The van der Waals surface area contributed by atoms with Gasteiger partial charge in [-0.15, -0.1) is 0 Å². The van der Waals surface area contributed by atoms with Gasteiger partial charge in [-0.3, -0.25) is 4.79 Å². The van der Waals surface area contributed by atoms with E-state index in [1.165, 1.54) is 25.3 Å². The molecule has 3 aromatic carbocycles. The smallest absolute Gasteiger partial charge is 0.343 e. The summed E-state index contributed by atoms with van der Waals surface area (Å²) in [5.41, 5.74) is 1.34. The number of methoxy groups -OCH3 is 1. The molecular formula is C24H16ClIN2O4. The number of halogens is 2. The van der Waals surface area contributed by atoms with Crippen LogP contribution in [0.2, 0.25) is 5.02 Å². The maximum Gasteiger partial charge on any atom is 0.343 e. The maximum atomic E-state index is 12.4. The summed E-state index contributed by atoms with van der Waals surface area (Å²) in [6.45, 7) is 0. The fraction of sp³-hybridized carbons (Fsp3) is 0.0417. The zero-order valence-electron chi connectivity index (χ0n) is 16.8. The van der Waals surface area contributed by atoms with Crippen LogP contribution in [0, 0.1) is 14.9 Å². The molecule has 6 nitrogen and oxygen atoms in total. The zero-order chi connectivity index (χ0) is 23.1. The van der Waals surface area contributed by atoms with Crippen LogP contribution in [-0.4, -0.2) is 19.0 Å². The molecule has 0 atom stereocenters. The monoisotopic (exact) mass is 558 g/mol. The number of rotatable bonds is 6. The van der Waals surface area contributed by atoms with Crippen LogP contribution in [0.25, 0.3) is 6.08 Å². The Labute approximate surface area is 203 Å². The van der Waals surface area contributed by atoms with Crippen molar-refractivity contribution in [1.29, 1.82) is 5.26 Å². The number of nitriles is 1. The van der Waals surface area contributed by atoms with Crippen LogP contribution in [0.15, 0.2) is 72.3 Å². The van der Waals surface area contributed by atoms with Crippen LogP contribution in [0.1, 0.15) is 15.9 Å². The van der Waals surface area contributed by atoms with Crippen molar-refractivity contribution in [3.8, 4) is 17.6 Å². The molecule has 0 unspecified atom stereocenters. The van der Waals surface area contributed by atoms with E-state index in [9.17, 15) is 14.9 Å². The highest BCUT2D eigenvalue weighted by Gasteiger charge is 2.13. The van der Waals surface area contributed by atoms with Crippen LogP contribution in [-0.2, 0) is 4.79 Å². The van der Waals surface area contributed by atoms with Crippen molar-refractivity contribution in [2.45, 2.75) is 0 Å². The number of benzene rings is 3. The lowest BCUT2D eigenvalue weighted by Crippen LogP contribution is -2.13. The largest absolute Gasteiger partial charge is 0.497 e. The standard InChI is InChI=1S/C24H16ClIN2O4/c1-31-20-8-6-16(7-9-20)24(30)32-22-10-5-15(12-21(22)25)11-17(14-27)23(29)28-19-4-2-3-18(26)13-19/h2-13H,1H3,(H,28,29)/b17-11+. The molecule has 160 valence electrons. The predicted octanol–water partition coefficient (Wildman–Crippen LogP) is 5.72. The molecule has 1 amide bonds. The molecule has 0 saturated heterocycles. The summed E-state index contributed by atoms with van der Waals surface area (Å²) in [5.74, 6) is -0.338. The molecule has 8 heteroatoms. The van der Waals surface area contributed by atoms with Crippen LogP contribution in [0.5, 0.6) is 11.5 Å². The number of hydrogen-bond acceptors (Lipinski definition) is 5. The molecule has 0 aliphatic heterocycles. The van der Waals surface area contributed by atoms with Gasteiger partial charge < -0.3 is 14.8 Å². The topological polar surface area (TPSA) is 88.4 Å². The molecule has 0 aromatic heterocycles. The third-order valence-corrected chi connectivity index (χ3v) is 5.21. The van der Waals surface area contributed by atoms with Crippen LogP contribution >= 0.6 is 34.2 Å². The Hall–Kier alpha value is -3.35. The van der Waals surface area contributed by atoms with Crippen molar-refractivity contribution in [2.24, 2.45) is 0 Å².